The maximum atomic E-state index is 12.1. The first-order valence-corrected chi connectivity index (χ1v) is 9.63. The van der Waals surface area contributed by atoms with Gasteiger partial charge in [-0.05, 0) is 55.7 Å². The van der Waals surface area contributed by atoms with Crippen LogP contribution in [0, 0.1) is 20.8 Å². The molecule has 0 radical (unpaired) electrons. The number of halogens is 1. The zero-order valence-electron chi connectivity index (χ0n) is 16.1. The van der Waals surface area contributed by atoms with Gasteiger partial charge in [-0.1, -0.05) is 34.1 Å². The van der Waals surface area contributed by atoms with Gasteiger partial charge in [-0.15, -0.1) is 0 Å². The van der Waals surface area contributed by atoms with Crippen molar-refractivity contribution in [2.24, 2.45) is 0 Å². The normalized spacial score (nSPS) is 10.3. The molecule has 0 unspecified atom stereocenters. The highest BCUT2D eigenvalue weighted by Crippen LogP contribution is 2.20. The topological polar surface area (TPSA) is 84.5 Å². The Morgan fingerprint density at radius 2 is 1.57 bits per heavy atom. The highest BCUT2D eigenvalue weighted by molar-refractivity contribution is 9.10. The zero-order valence-corrected chi connectivity index (χ0v) is 17.7. The molecule has 0 aliphatic carbocycles. The van der Waals surface area contributed by atoms with E-state index in [0.717, 1.165) is 26.9 Å². The first kappa shape index (κ1) is 21.6. The molecule has 7 heteroatoms. The summed E-state index contributed by atoms with van der Waals surface area (Å²) in [7, 11) is 0. The highest BCUT2D eigenvalue weighted by Gasteiger charge is 2.13. The second-order valence-corrected chi connectivity index (χ2v) is 7.40. The number of hydrogen-bond acceptors (Lipinski definition) is 4. The molecule has 0 spiro atoms. The van der Waals surface area contributed by atoms with E-state index in [1.54, 1.807) is 6.07 Å². The van der Waals surface area contributed by atoms with Crippen LogP contribution in [0.1, 0.15) is 29.5 Å². The average molecular weight is 447 g/mol. The molecule has 0 aliphatic heterocycles. The summed E-state index contributed by atoms with van der Waals surface area (Å²) in [6.07, 6.45) is -0.110. The Hall–Kier alpha value is -2.67. The smallest absolute Gasteiger partial charge is 0.306 e. The maximum absolute atomic E-state index is 12.1. The van der Waals surface area contributed by atoms with Crippen LogP contribution in [0.25, 0.3) is 0 Å². The molecule has 0 saturated heterocycles. The van der Waals surface area contributed by atoms with Crippen LogP contribution in [-0.4, -0.2) is 24.4 Å². The van der Waals surface area contributed by atoms with Crippen molar-refractivity contribution in [1.82, 2.24) is 0 Å². The number of hydrogen-bond donors (Lipinski definition) is 2. The molecule has 0 aromatic heterocycles. The largest absolute Gasteiger partial charge is 0.456 e. The Morgan fingerprint density at radius 1 is 0.893 bits per heavy atom. The van der Waals surface area contributed by atoms with Gasteiger partial charge in [-0.2, -0.15) is 0 Å². The fraction of sp³-hybridized carbons (Fsp3) is 0.286. The number of carbonyl (C=O) groups is 3. The van der Waals surface area contributed by atoms with Gasteiger partial charge in [0, 0.05) is 22.3 Å². The Kier molecular flexibility index (Phi) is 7.75. The third kappa shape index (κ3) is 6.49. The van der Waals surface area contributed by atoms with Crippen LogP contribution < -0.4 is 10.6 Å². The van der Waals surface area contributed by atoms with Crippen molar-refractivity contribution in [3.63, 3.8) is 0 Å². The van der Waals surface area contributed by atoms with Crippen molar-refractivity contribution in [1.29, 1.82) is 0 Å². The van der Waals surface area contributed by atoms with E-state index in [0.29, 0.717) is 5.69 Å². The third-order valence-corrected chi connectivity index (χ3v) is 4.62. The van der Waals surface area contributed by atoms with E-state index in [1.807, 2.05) is 51.1 Å². The lowest BCUT2D eigenvalue weighted by atomic mass is 10.1. The lowest BCUT2D eigenvalue weighted by Crippen LogP contribution is -2.22. The molecule has 2 amide bonds. The fourth-order valence-electron chi connectivity index (χ4n) is 2.60. The average Bonchev–Trinajstić information content (AvgIpc) is 2.64. The second kappa shape index (κ2) is 10.0. The van der Waals surface area contributed by atoms with Crippen LogP contribution in [0.3, 0.4) is 0 Å². The number of benzene rings is 2. The van der Waals surface area contributed by atoms with Gasteiger partial charge in [0.2, 0.25) is 5.91 Å². The van der Waals surface area contributed by atoms with Crippen molar-refractivity contribution in [2.75, 3.05) is 17.2 Å². The van der Waals surface area contributed by atoms with Crippen LogP contribution in [0.5, 0.6) is 0 Å². The number of aryl methyl sites for hydroxylation is 3. The molecule has 6 nitrogen and oxygen atoms in total. The number of ether oxygens (including phenoxy) is 1. The van der Waals surface area contributed by atoms with E-state index in [2.05, 4.69) is 26.6 Å². The number of nitrogens with one attached hydrogen (secondary N) is 2. The lowest BCUT2D eigenvalue weighted by molar-refractivity contribution is -0.147. The summed E-state index contributed by atoms with van der Waals surface area (Å²) < 4.78 is 5.86. The van der Waals surface area contributed by atoms with Gasteiger partial charge in [0.05, 0.1) is 6.42 Å². The summed E-state index contributed by atoms with van der Waals surface area (Å²) in [5.41, 5.74) is 4.20. The van der Waals surface area contributed by atoms with E-state index < -0.39 is 18.5 Å². The molecule has 0 aliphatic rings. The van der Waals surface area contributed by atoms with Crippen LogP contribution in [0.15, 0.2) is 40.9 Å². The van der Waals surface area contributed by atoms with E-state index in [1.165, 1.54) is 0 Å². The molecular formula is C21H23BrN2O4. The number of anilines is 2. The summed E-state index contributed by atoms with van der Waals surface area (Å²) in [6, 6.07) is 11.2. The van der Waals surface area contributed by atoms with Gasteiger partial charge in [-0.25, -0.2) is 0 Å². The molecule has 0 saturated carbocycles. The maximum Gasteiger partial charge on any atom is 0.306 e. The molecule has 0 fully saturated rings. The summed E-state index contributed by atoms with van der Waals surface area (Å²) in [5.74, 6) is -1.30. The van der Waals surface area contributed by atoms with E-state index in [4.69, 9.17) is 4.74 Å². The zero-order chi connectivity index (χ0) is 20.7. The molecule has 0 bridgehead atoms. The van der Waals surface area contributed by atoms with Crippen molar-refractivity contribution >= 4 is 45.1 Å². The van der Waals surface area contributed by atoms with Crippen molar-refractivity contribution in [2.45, 2.75) is 33.6 Å². The standard InChI is InChI=1S/C21H23BrN2O4/c1-13-5-4-6-14(2)21(13)24-18(25)9-10-20(27)28-12-19(26)23-17-8-7-16(22)11-15(17)3/h4-8,11H,9-10,12H2,1-3H3,(H,23,26)(H,24,25). The van der Waals surface area contributed by atoms with Crippen molar-refractivity contribution in [3.05, 3.63) is 57.6 Å². The Bertz CT molecular complexity index is 876. The summed E-state index contributed by atoms with van der Waals surface area (Å²) in [5, 5.41) is 5.50. The van der Waals surface area contributed by atoms with Gasteiger partial charge in [0.25, 0.3) is 5.91 Å². The number of amides is 2. The summed E-state index contributed by atoms with van der Waals surface area (Å²) in [6.45, 7) is 5.28. The second-order valence-electron chi connectivity index (χ2n) is 6.48. The minimum Gasteiger partial charge on any atom is -0.456 e. The molecule has 2 aromatic rings. The Morgan fingerprint density at radius 3 is 2.21 bits per heavy atom. The number of esters is 1. The van der Waals surface area contributed by atoms with Gasteiger partial charge in [-0.3, -0.25) is 14.4 Å². The van der Waals surface area contributed by atoms with E-state index >= 15 is 0 Å². The third-order valence-electron chi connectivity index (χ3n) is 4.13. The minimum absolute atomic E-state index is 0.0138. The van der Waals surface area contributed by atoms with Crippen LogP contribution >= 0.6 is 15.9 Å². The SMILES string of the molecule is Cc1cc(Br)ccc1NC(=O)COC(=O)CCC(=O)Nc1c(C)cccc1C. The van der Waals surface area contributed by atoms with Crippen LogP contribution in [-0.2, 0) is 19.1 Å². The molecule has 0 heterocycles. The number of para-hydroxylation sites is 1. The van der Waals surface area contributed by atoms with Gasteiger partial charge >= 0.3 is 5.97 Å². The highest BCUT2D eigenvalue weighted by atomic mass is 79.9. The predicted molar refractivity (Wildman–Crippen MR) is 112 cm³/mol. The van der Waals surface area contributed by atoms with Crippen LogP contribution in [0.2, 0.25) is 0 Å². The van der Waals surface area contributed by atoms with Gasteiger partial charge in [0.15, 0.2) is 6.61 Å². The molecule has 2 aromatic carbocycles. The molecular weight excluding hydrogens is 424 g/mol. The molecule has 148 valence electrons. The van der Waals surface area contributed by atoms with Crippen LogP contribution in [0.4, 0.5) is 11.4 Å². The Labute approximate surface area is 172 Å². The fourth-order valence-corrected chi connectivity index (χ4v) is 3.08. The van der Waals surface area contributed by atoms with Gasteiger partial charge in [0.1, 0.15) is 0 Å². The lowest BCUT2D eigenvalue weighted by Gasteiger charge is -2.11. The monoisotopic (exact) mass is 446 g/mol. The van der Waals surface area contributed by atoms with Crippen molar-refractivity contribution < 1.29 is 19.1 Å². The summed E-state index contributed by atoms with van der Waals surface area (Å²) >= 11 is 3.36. The first-order chi connectivity index (χ1) is 13.3. The summed E-state index contributed by atoms with van der Waals surface area (Å²) in [4.78, 5) is 35.8. The minimum atomic E-state index is -0.598. The molecule has 2 N–H and O–H groups in total. The van der Waals surface area contributed by atoms with E-state index in [-0.39, 0.29) is 18.7 Å². The molecule has 28 heavy (non-hydrogen) atoms. The molecule has 2 rings (SSSR count). The number of rotatable bonds is 7. The Balaban J connectivity index is 1.74. The van der Waals surface area contributed by atoms with E-state index in [9.17, 15) is 14.4 Å². The predicted octanol–water partition coefficient (Wildman–Crippen LogP) is 4.27. The first-order valence-electron chi connectivity index (χ1n) is 8.84. The van der Waals surface area contributed by atoms with Gasteiger partial charge < -0.3 is 15.4 Å². The quantitative estimate of drug-likeness (QED) is 0.621. The van der Waals surface area contributed by atoms with Crippen molar-refractivity contribution in [3.8, 4) is 0 Å². The molecule has 0 atom stereocenters. The number of carbonyl (C=O) groups excluding carboxylic acids is 3.